The number of benzene rings is 2. The fraction of sp³-hybridized carbons (Fsp3) is 0.0714. The van der Waals surface area contributed by atoms with Crippen molar-refractivity contribution >= 4 is 55.9 Å². The molecule has 0 saturated carbocycles. The standard InChI is InChI=1S/C14H11BrINO2/c1-8-6-9(14(18)19)2-5-12(8)17-13-7-10(15)3-4-11(13)16/h2-7,17H,1H3,(H,18,19). The minimum atomic E-state index is -0.910. The van der Waals surface area contributed by atoms with Crippen molar-refractivity contribution in [1.29, 1.82) is 0 Å². The molecule has 0 bridgehead atoms. The summed E-state index contributed by atoms with van der Waals surface area (Å²) >= 11 is 5.69. The van der Waals surface area contributed by atoms with E-state index >= 15 is 0 Å². The van der Waals surface area contributed by atoms with Crippen LogP contribution in [0, 0.1) is 10.5 Å². The maximum atomic E-state index is 10.9. The number of hydrogen-bond donors (Lipinski definition) is 2. The van der Waals surface area contributed by atoms with E-state index in [4.69, 9.17) is 5.11 Å². The van der Waals surface area contributed by atoms with Crippen LogP contribution in [0.4, 0.5) is 11.4 Å². The number of anilines is 2. The first-order valence-corrected chi connectivity index (χ1v) is 7.40. The van der Waals surface area contributed by atoms with E-state index in [1.165, 1.54) is 0 Å². The predicted molar refractivity (Wildman–Crippen MR) is 88.3 cm³/mol. The Kier molecular flexibility index (Phi) is 4.46. The van der Waals surface area contributed by atoms with Gasteiger partial charge in [0, 0.05) is 13.7 Å². The molecule has 0 aliphatic carbocycles. The van der Waals surface area contributed by atoms with Gasteiger partial charge in [-0.25, -0.2) is 4.79 Å². The molecule has 2 rings (SSSR count). The van der Waals surface area contributed by atoms with Crippen LogP contribution in [0.15, 0.2) is 40.9 Å². The molecular weight excluding hydrogens is 421 g/mol. The van der Waals surface area contributed by atoms with Gasteiger partial charge in [0.25, 0.3) is 0 Å². The molecule has 0 aliphatic rings. The molecule has 0 saturated heterocycles. The van der Waals surface area contributed by atoms with E-state index in [0.717, 1.165) is 25.0 Å². The van der Waals surface area contributed by atoms with E-state index in [9.17, 15) is 4.79 Å². The summed E-state index contributed by atoms with van der Waals surface area (Å²) < 4.78 is 2.10. The molecule has 5 heteroatoms. The molecule has 3 nitrogen and oxygen atoms in total. The fourth-order valence-corrected chi connectivity index (χ4v) is 2.51. The summed E-state index contributed by atoms with van der Waals surface area (Å²) in [5.74, 6) is -0.910. The van der Waals surface area contributed by atoms with Crippen molar-refractivity contribution in [1.82, 2.24) is 0 Å². The summed E-state index contributed by atoms with van der Waals surface area (Å²) in [6, 6.07) is 11.0. The largest absolute Gasteiger partial charge is 0.478 e. The van der Waals surface area contributed by atoms with E-state index in [-0.39, 0.29) is 0 Å². The Hall–Kier alpha value is -1.08. The Morgan fingerprint density at radius 3 is 2.58 bits per heavy atom. The van der Waals surface area contributed by atoms with Crippen molar-refractivity contribution < 1.29 is 9.90 Å². The zero-order valence-electron chi connectivity index (χ0n) is 10.1. The van der Waals surface area contributed by atoms with Crippen LogP contribution in [-0.4, -0.2) is 11.1 Å². The molecule has 2 N–H and O–H groups in total. The van der Waals surface area contributed by atoms with Crippen molar-refractivity contribution in [3.63, 3.8) is 0 Å². The quantitative estimate of drug-likeness (QED) is 0.686. The lowest BCUT2D eigenvalue weighted by molar-refractivity contribution is 0.0697. The van der Waals surface area contributed by atoms with E-state index in [1.807, 2.05) is 25.1 Å². The van der Waals surface area contributed by atoms with Gasteiger partial charge in [-0.2, -0.15) is 0 Å². The van der Waals surface area contributed by atoms with Gasteiger partial charge >= 0.3 is 5.97 Å². The lowest BCUT2D eigenvalue weighted by Crippen LogP contribution is -2.00. The summed E-state index contributed by atoms with van der Waals surface area (Å²) in [5.41, 5.74) is 3.09. The number of halogens is 2. The van der Waals surface area contributed by atoms with Gasteiger partial charge in [0.15, 0.2) is 0 Å². The molecule has 0 aliphatic heterocycles. The molecule has 19 heavy (non-hydrogen) atoms. The Morgan fingerprint density at radius 2 is 1.95 bits per heavy atom. The van der Waals surface area contributed by atoms with Crippen LogP contribution in [-0.2, 0) is 0 Å². The van der Waals surface area contributed by atoms with Gasteiger partial charge in [0.05, 0.1) is 11.3 Å². The molecule has 0 aromatic heterocycles. The molecule has 0 atom stereocenters. The fourth-order valence-electron chi connectivity index (χ4n) is 1.68. The van der Waals surface area contributed by atoms with Crippen LogP contribution < -0.4 is 5.32 Å². The number of aryl methyl sites for hydroxylation is 1. The Balaban J connectivity index is 2.33. The number of carboxylic acid groups (broad SMARTS) is 1. The number of rotatable bonds is 3. The topological polar surface area (TPSA) is 49.3 Å². The maximum absolute atomic E-state index is 10.9. The monoisotopic (exact) mass is 431 g/mol. The van der Waals surface area contributed by atoms with Gasteiger partial charge in [-0.05, 0) is 71.5 Å². The number of carbonyl (C=O) groups is 1. The van der Waals surface area contributed by atoms with Crippen molar-refractivity contribution in [2.24, 2.45) is 0 Å². The average molecular weight is 432 g/mol. The zero-order valence-corrected chi connectivity index (χ0v) is 13.8. The van der Waals surface area contributed by atoms with Crippen LogP contribution in [0.3, 0.4) is 0 Å². The van der Waals surface area contributed by atoms with E-state index in [1.54, 1.807) is 18.2 Å². The first kappa shape index (κ1) is 14.3. The SMILES string of the molecule is Cc1cc(C(=O)O)ccc1Nc1cc(Br)ccc1I. The molecule has 0 unspecified atom stereocenters. The average Bonchev–Trinajstić information content (AvgIpc) is 2.36. The van der Waals surface area contributed by atoms with Crippen LogP contribution in [0.25, 0.3) is 0 Å². The van der Waals surface area contributed by atoms with Crippen molar-refractivity contribution in [3.05, 3.63) is 55.6 Å². The van der Waals surface area contributed by atoms with Crippen LogP contribution >= 0.6 is 38.5 Å². The number of aromatic carboxylic acids is 1. The molecule has 0 heterocycles. The lowest BCUT2D eigenvalue weighted by Gasteiger charge is -2.12. The second-order valence-corrected chi connectivity index (χ2v) is 6.16. The highest BCUT2D eigenvalue weighted by Crippen LogP contribution is 2.28. The van der Waals surface area contributed by atoms with E-state index in [0.29, 0.717) is 5.56 Å². The van der Waals surface area contributed by atoms with Crippen molar-refractivity contribution in [3.8, 4) is 0 Å². The predicted octanol–water partition coefficient (Wildman–Crippen LogP) is 4.80. The molecule has 0 spiro atoms. The second-order valence-electron chi connectivity index (χ2n) is 4.08. The zero-order chi connectivity index (χ0) is 14.0. The van der Waals surface area contributed by atoms with Crippen LogP contribution in [0.1, 0.15) is 15.9 Å². The highest BCUT2D eigenvalue weighted by molar-refractivity contribution is 14.1. The number of carboxylic acids is 1. The molecule has 0 radical (unpaired) electrons. The van der Waals surface area contributed by atoms with Crippen LogP contribution in [0.2, 0.25) is 0 Å². The van der Waals surface area contributed by atoms with Crippen molar-refractivity contribution in [2.75, 3.05) is 5.32 Å². The summed E-state index contributed by atoms with van der Waals surface area (Å²) in [7, 11) is 0. The third-order valence-electron chi connectivity index (χ3n) is 2.67. The summed E-state index contributed by atoms with van der Waals surface area (Å²) in [4.78, 5) is 10.9. The normalized spacial score (nSPS) is 10.3. The van der Waals surface area contributed by atoms with Gasteiger partial charge in [0.2, 0.25) is 0 Å². The van der Waals surface area contributed by atoms with Gasteiger partial charge in [0.1, 0.15) is 0 Å². The van der Waals surface area contributed by atoms with Gasteiger partial charge in [-0.1, -0.05) is 15.9 Å². The molecule has 0 fully saturated rings. The van der Waals surface area contributed by atoms with Gasteiger partial charge in [-0.15, -0.1) is 0 Å². The Bertz CT molecular complexity index is 643. The third-order valence-corrected chi connectivity index (χ3v) is 4.11. The smallest absolute Gasteiger partial charge is 0.335 e. The molecule has 2 aromatic rings. The molecule has 98 valence electrons. The third kappa shape index (κ3) is 3.48. The number of hydrogen-bond acceptors (Lipinski definition) is 2. The second kappa shape index (κ2) is 5.92. The van der Waals surface area contributed by atoms with Crippen molar-refractivity contribution in [2.45, 2.75) is 6.92 Å². The summed E-state index contributed by atoms with van der Waals surface area (Å²) in [5, 5.41) is 12.3. The number of nitrogens with one attached hydrogen (secondary N) is 1. The first-order chi connectivity index (χ1) is 8.97. The highest BCUT2D eigenvalue weighted by Gasteiger charge is 2.07. The lowest BCUT2D eigenvalue weighted by atomic mass is 10.1. The molecule has 0 amide bonds. The molecular formula is C14H11BrINO2. The van der Waals surface area contributed by atoms with Gasteiger partial charge in [-0.3, -0.25) is 0 Å². The maximum Gasteiger partial charge on any atom is 0.335 e. The minimum Gasteiger partial charge on any atom is -0.478 e. The highest BCUT2D eigenvalue weighted by atomic mass is 127. The Labute approximate surface area is 133 Å². The van der Waals surface area contributed by atoms with Gasteiger partial charge < -0.3 is 10.4 Å². The van der Waals surface area contributed by atoms with E-state index < -0.39 is 5.97 Å². The summed E-state index contributed by atoms with van der Waals surface area (Å²) in [6.45, 7) is 1.89. The minimum absolute atomic E-state index is 0.298. The van der Waals surface area contributed by atoms with Crippen LogP contribution in [0.5, 0.6) is 0 Å². The molecule has 2 aromatic carbocycles. The van der Waals surface area contributed by atoms with E-state index in [2.05, 4.69) is 43.8 Å². The first-order valence-electron chi connectivity index (χ1n) is 5.53. The summed E-state index contributed by atoms with van der Waals surface area (Å²) in [6.07, 6.45) is 0. The Morgan fingerprint density at radius 1 is 1.21 bits per heavy atom.